The highest BCUT2D eigenvalue weighted by Crippen LogP contribution is 2.35. The van der Waals surface area contributed by atoms with Crippen LogP contribution in [0.3, 0.4) is 0 Å². The average molecular weight is 524 g/mol. The van der Waals surface area contributed by atoms with Gasteiger partial charge < -0.3 is 5.32 Å². The maximum atomic E-state index is 15.7. The van der Waals surface area contributed by atoms with Crippen LogP contribution in [-0.2, 0) is 20.6 Å². The maximum absolute atomic E-state index is 15.7. The molecule has 0 saturated heterocycles. The summed E-state index contributed by atoms with van der Waals surface area (Å²) in [5, 5.41) is 14.3. The molecule has 0 aliphatic heterocycles. The van der Waals surface area contributed by atoms with Crippen LogP contribution in [0.1, 0.15) is 24.4 Å². The third-order valence-electron chi connectivity index (χ3n) is 6.14. The predicted molar refractivity (Wildman–Crippen MR) is 129 cm³/mol. The molecule has 37 heavy (non-hydrogen) atoms. The van der Waals surface area contributed by atoms with E-state index in [1.165, 1.54) is 39.5 Å². The van der Waals surface area contributed by atoms with Gasteiger partial charge in [0.05, 0.1) is 11.1 Å². The summed E-state index contributed by atoms with van der Waals surface area (Å²) in [5.41, 5.74) is 1.14. The highest BCUT2D eigenvalue weighted by atomic mass is 32.2. The average Bonchev–Trinajstić information content (AvgIpc) is 3.51. The van der Waals surface area contributed by atoms with Crippen LogP contribution in [-0.4, -0.2) is 49.8 Å². The number of hydrogen-bond acceptors (Lipinski definition) is 7. The number of sulfone groups is 1. The summed E-state index contributed by atoms with van der Waals surface area (Å²) in [4.78, 5) is 16.4. The number of pyridine rings is 1. The second kappa shape index (κ2) is 8.13. The van der Waals surface area contributed by atoms with E-state index in [1.807, 2.05) is 0 Å². The van der Waals surface area contributed by atoms with Crippen LogP contribution < -0.4 is 5.32 Å². The molecule has 1 saturated carbocycles. The Balaban J connectivity index is 1.35. The molecule has 4 aromatic heterocycles. The lowest BCUT2D eigenvalue weighted by molar-refractivity contribution is -0.117. The molecule has 13 heteroatoms. The van der Waals surface area contributed by atoms with E-state index in [0.29, 0.717) is 16.8 Å². The van der Waals surface area contributed by atoms with E-state index >= 15 is 8.78 Å². The molecule has 1 fully saturated rings. The highest BCUT2D eigenvalue weighted by Gasteiger charge is 2.41. The van der Waals surface area contributed by atoms with Crippen molar-refractivity contribution in [2.75, 3.05) is 11.6 Å². The molecule has 0 atom stereocenters. The van der Waals surface area contributed by atoms with Crippen LogP contribution in [0.4, 0.5) is 14.6 Å². The number of amides is 1. The zero-order valence-electron chi connectivity index (χ0n) is 19.3. The molecule has 0 unspecified atom stereocenters. The third kappa shape index (κ3) is 4.20. The number of anilines is 1. The standard InChI is InChI=1S/C24H19F2N7O3S/c1-37(35,36)17-7-4-14(5-8-17)16-6-10-21-29-30-23(32(21)12-16)24(25,26)18-9-11-20-27-19(13-33(20)31-18)28-22(34)15-2-3-15/h4-13,15H,2-3H2,1H3,(H,28,34). The first-order valence-corrected chi connectivity index (χ1v) is 13.2. The van der Waals surface area contributed by atoms with Gasteiger partial charge in [0.1, 0.15) is 5.69 Å². The lowest BCUT2D eigenvalue weighted by Crippen LogP contribution is -2.22. The fourth-order valence-corrected chi connectivity index (χ4v) is 4.60. The Morgan fingerprint density at radius 1 is 0.973 bits per heavy atom. The largest absolute Gasteiger partial charge is 0.350 e. The number of carbonyl (C=O) groups is 1. The molecule has 1 aromatic carbocycles. The van der Waals surface area contributed by atoms with Crippen LogP contribution in [0.15, 0.2) is 65.8 Å². The molecule has 1 aliphatic rings. The number of nitrogens with zero attached hydrogens (tertiary/aromatic N) is 6. The first-order chi connectivity index (χ1) is 17.6. The fourth-order valence-electron chi connectivity index (χ4n) is 3.97. The van der Waals surface area contributed by atoms with Crippen LogP contribution in [0.5, 0.6) is 0 Å². The Morgan fingerprint density at radius 3 is 2.38 bits per heavy atom. The lowest BCUT2D eigenvalue weighted by Gasteiger charge is -2.14. The van der Waals surface area contributed by atoms with Crippen molar-refractivity contribution in [3.05, 3.63) is 72.4 Å². The summed E-state index contributed by atoms with van der Waals surface area (Å²) < 4.78 is 57.2. The van der Waals surface area contributed by atoms with Gasteiger partial charge in [0.15, 0.2) is 26.9 Å². The number of imidazole rings is 1. The Morgan fingerprint density at radius 2 is 1.68 bits per heavy atom. The van der Waals surface area contributed by atoms with E-state index in [1.54, 1.807) is 24.3 Å². The summed E-state index contributed by atoms with van der Waals surface area (Å²) in [6.07, 6.45) is 5.62. The van der Waals surface area contributed by atoms with Crippen molar-refractivity contribution in [3.8, 4) is 11.1 Å². The minimum Gasteiger partial charge on any atom is -0.309 e. The Hall–Kier alpha value is -4.26. The first kappa shape index (κ1) is 23.2. The summed E-state index contributed by atoms with van der Waals surface area (Å²) >= 11 is 0. The number of aromatic nitrogens is 6. The molecule has 1 N–H and O–H groups in total. The predicted octanol–water partition coefficient (Wildman–Crippen LogP) is 3.33. The monoisotopic (exact) mass is 523 g/mol. The van der Waals surface area contributed by atoms with Crippen molar-refractivity contribution in [1.82, 2.24) is 29.2 Å². The van der Waals surface area contributed by atoms with Crippen LogP contribution in [0, 0.1) is 5.92 Å². The maximum Gasteiger partial charge on any atom is 0.350 e. The molecule has 188 valence electrons. The van der Waals surface area contributed by atoms with Gasteiger partial charge >= 0.3 is 5.92 Å². The number of hydrogen-bond donors (Lipinski definition) is 1. The lowest BCUT2D eigenvalue weighted by atomic mass is 10.1. The second-order valence-corrected chi connectivity index (χ2v) is 11.0. The number of halogens is 2. The molecule has 0 bridgehead atoms. The van der Waals surface area contributed by atoms with Crippen LogP contribution >= 0.6 is 0 Å². The van der Waals surface area contributed by atoms with E-state index in [9.17, 15) is 13.2 Å². The van der Waals surface area contributed by atoms with Crippen LogP contribution in [0.2, 0.25) is 0 Å². The van der Waals surface area contributed by atoms with Gasteiger partial charge in [-0.2, -0.15) is 13.9 Å². The van der Waals surface area contributed by atoms with E-state index in [2.05, 4.69) is 25.6 Å². The molecular formula is C24H19F2N7O3S. The van der Waals surface area contributed by atoms with Gasteiger partial charge in [0.2, 0.25) is 11.7 Å². The van der Waals surface area contributed by atoms with Gasteiger partial charge in [0, 0.05) is 18.4 Å². The number of fused-ring (bicyclic) bond motifs is 2. The number of alkyl halides is 2. The second-order valence-electron chi connectivity index (χ2n) is 8.95. The highest BCUT2D eigenvalue weighted by molar-refractivity contribution is 7.90. The van der Waals surface area contributed by atoms with Crippen LogP contribution in [0.25, 0.3) is 22.4 Å². The van der Waals surface area contributed by atoms with Crippen molar-refractivity contribution < 1.29 is 22.0 Å². The van der Waals surface area contributed by atoms with E-state index in [-0.39, 0.29) is 28.2 Å². The molecule has 4 heterocycles. The Kier molecular flexibility index (Phi) is 5.09. The summed E-state index contributed by atoms with van der Waals surface area (Å²) in [6, 6.07) is 11.9. The Bertz CT molecular complexity index is 1790. The number of nitrogens with one attached hydrogen (secondary N) is 1. The molecule has 10 nitrogen and oxygen atoms in total. The van der Waals surface area contributed by atoms with Gasteiger partial charge in [-0.05, 0) is 60.4 Å². The third-order valence-corrected chi connectivity index (χ3v) is 7.27. The van der Waals surface area contributed by atoms with Gasteiger partial charge in [0.25, 0.3) is 0 Å². The summed E-state index contributed by atoms with van der Waals surface area (Å²) in [5.74, 6) is -4.18. The minimum atomic E-state index is -3.62. The first-order valence-electron chi connectivity index (χ1n) is 11.3. The molecule has 5 aromatic rings. The smallest absolute Gasteiger partial charge is 0.309 e. The number of carbonyl (C=O) groups excluding carboxylic acids is 1. The normalized spacial score (nSPS) is 14.4. The van der Waals surface area contributed by atoms with Crippen molar-refractivity contribution in [2.24, 2.45) is 5.92 Å². The summed E-state index contributed by atoms with van der Waals surface area (Å²) in [7, 11) is -3.36. The number of rotatable bonds is 6. The van der Waals surface area contributed by atoms with Crippen molar-refractivity contribution >= 4 is 32.9 Å². The molecule has 6 rings (SSSR count). The molecule has 1 aliphatic carbocycles. The zero-order chi connectivity index (χ0) is 25.9. The van der Waals surface area contributed by atoms with Gasteiger partial charge in [-0.25, -0.2) is 17.9 Å². The van der Waals surface area contributed by atoms with E-state index < -0.39 is 27.3 Å². The van der Waals surface area contributed by atoms with Gasteiger partial charge in [-0.15, -0.1) is 10.2 Å². The van der Waals surface area contributed by atoms with Crippen molar-refractivity contribution in [2.45, 2.75) is 23.7 Å². The van der Waals surface area contributed by atoms with Crippen molar-refractivity contribution in [1.29, 1.82) is 0 Å². The Labute approximate surface area is 208 Å². The fraction of sp³-hybridized carbons (Fsp3) is 0.208. The molecule has 0 radical (unpaired) electrons. The quantitative estimate of drug-likeness (QED) is 0.362. The van der Waals surface area contributed by atoms with Gasteiger partial charge in [-0.3, -0.25) is 9.20 Å². The molecule has 0 spiro atoms. The van der Waals surface area contributed by atoms with Crippen molar-refractivity contribution in [3.63, 3.8) is 0 Å². The van der Waals surface area contributed by atoms with E-state index in [0.717, 1.165) is 25.2 Å². The topological polar surface area (TPSA) is 124 Å². The molecule has 1 amide bonds. The molecular weight excluding hydrogens is 504 g/mol. The zero-order valence-corrected chi connectivity index (χ0v) is 20.2. The SMILES string of the molecule is CS(=O)(=O)c1ccc(-c2ccc3nnc(C(F)(F)c4ccc5nc(NC(=O)C6CC6)cn5n4)n3c2)cc1. The minimum absolute atomic E-state index is 0.0265. The van der Waals surface area contributed by atoms with Gasteiger partial charge in [-0.1, -0.05) is 12.1 Å². The number of benzene rings is 1. The van der Waals surface area contributed by atoms with E-state index in [4.69, 9.17) is 0 Å². The summed E-state index contributed by atoms with van der Waals surface area (Å²) in [6.45, 7) is 0.